The highest BCUT2D eigenvalue weighted by Gasteiger charge is 2.19. The zero-order chi connectivity index (χ0) is 19.8. The van der Waals surface area contributed by atoms with Gasteiger partial charge in [-0.1, -0.05) is 17.7 Å². The van der Waals surface area contributed by atoms with Crippen molar-refractivity contribution in [1.82, 2.24) is 14.5 Å². The summed E-state index contributed by atoms with van der Waals surface area (Å²) < 4.78 is 6.83. The minimum atomic E-state index is -0.236. The summed E-state index contributed by atoms with van der Waals surface area (Å²) in [6.07, 6.45) is 1.60. The molecule has 0 aliphatic rings. The van der Waals surface area contributed by atoms with Crippen molar-refractivity contribution in [3.8, 4) is 22.7 Å². The molecule has 2 N–H and O–H groups in total. The van der Waals surface area contributed by atoms with Crippen molar-refractivity contribution in [3.05, 3.63) is 76.3 Å². The third-order valence-corrected chi connectivity index (χ3v) is 4.73. The number of aryl methyl sites for hydroxylation is 2. The third-order valence-electron chi connectivity index (χ3n) is 4.73. The number of nitrogens with two attached hydrogens (primary N) is 1. The fraction of sp³-hybridized carbons (Fsp3) is 0.136. The molecule has 28 heavy (non-hydrogen) atoms. The van der Waals surface area contributed by atoms with E-state index >= 15 is 0 Å². The van der Waals surface area contributed by atoms with Crippen LogP contribution in [0.3, 0.4) is 0 Å². The summed E-state index contributed by atoms with van der Waals surface area (Å²) in [6, 6.07) is 15.0. The van der Waals surface area contributed by atoms with Crippen molar-refractivity contribution in [3.63, 3.8) is 0 Å². The molecule has 140 valence electrons. The molecule has 0 aliphatic heterocycles. The summed E-state index contributed by atoms with van der Waals surface area (Å²) in [5.74, 6) is 0.417. The quantitative estimate of drug-likeness (QED) is 0.593. The molecule has 0 spiro atoms. The number of benzene rings is 1. The van der Waals surface area contributed by atoms with Gasteiger partial charge >= 0.3 is 0 Å². The Kier molecular flexibility index (Phi) is 4.31. The number of nitrogen functional groups attached to an aromatic ring is 1. The molecule has 4 rings (SSSR count). The van der Waals surface area contributed by atoms with Crippen LogP contribution in [-0.4, -0.2) is 21.6 Å². The maximum atomic E-state index is 13.6. The Balaban J connectivity index is 2.13. The van der Waals surface area contributed by atoms with E-state index in [1.807, 2.05) is 50.2 Å². The lowest BCUT2D eigenvalue weighted by atomic mass is 10.0. The van der Waals surface area contributed by atoms with Crippen molar-refractivity contribution >= 4 is 16.7 Å². The molecule has 4 aromatic rings. The molecule has 0 atom stereocenters. The van der Waals surface area contributed by atoms with E-state index in [-0.39, 0.29) is 5.56 Å². The average Bonchev–Trinajstić information content (AvgIpc) is 2.69. The van der Waals surface area contributed by atoms with Crippen LogP contribution >= 0.6 is 0 Å². The topological polar surface area (TPSA) is 83.0 Å². The number of hydrogen-bond acceptors (Lipinski definition) is 5. The van der Waals surface area contributed by atoms with Crippen molar-refractivity contribution in [1.29, 1.82) is 0 Å². The number of nitrogens with zero attached hydrogens (tertiary/aromatic N) is 3. The van der Waals surface area contributed by atoms with Crippen molar-refractivity contribution in [2.24, 2.45) is 0 Å². The molecule has 3 aromatic heterocycles. The van der Waals surface area contributed by atoms with Gasteiger partial charge in [0.2, 0.25) is 5.88 Å². The zero-order valence-corrected chi connectivity index (χ0v) is 15.9. The Hall–Kier alpha value is -3.67. The predicted molar refractivity (Wildman–Crippen MR) is 111 cm³/mol. The molecule has 0 radical (unpaired) electrons. The molecular weight excluding hydrogens is 352 g/mol. The molecule has 0 fully saturated rings. The number of anilines is 1. The van der Waals surface area contributed by atoms with E-state index < -0.39 is 0 Å². The first-order valence-electron chi connectivity index (χ1n) is 8.89. The Labute approximate surface area is 162 Å². The maximum absolute atomic E-state index is 13.6. The summed E-state index contributed by atoms with van der Waals surface area (Å²) in [7, 11) is 1.53. The highest BCUT2D eigenvalue weighted by molar-refractivity contribution is 5.97. The second-order valence-corrected chi connectivity index (χ2v) is 6.68. The van der Waals surface area contributed by atoms with Crippen molar-refractivity contribution in [2.75, 3.05) is 12.8 Å². The van der Waals surface area contributed by atoms with Gasteiger partial charge in [0.05, 0.1) is 24.0 Å². The highest BCUT2D eigenvalue weighted by Crippen LogP contribution is 2.31. The van der Waals surface area contributed by atoms with Crippen LogP contribution in [0, 0.1) is 13.8 Å². The highest BCUT2D eigenvalue weighted by atomic mass is 16.5. The second-order valence-electron chi connectivity index (χ2n) is 6.68. The van der Waals surface area contributed by atoms with Gasteiger partial charge in [-0.25, -0.2) is 9.97 Å². The van der Waals surface area contributed by atoms with Crippen molar-refractivity contribution < 1.29 is 4.74 Å². The van der Waals surface area contributed by atoms with Gasteiger partial charge in [0.1, 0.15) is 5.65 Å². The van der Waals surface area contributed by atoms with Gasteiger partial charge in [0.15, 0.2) is 0 Å². The van der Waals surface area contributed by atoms with Crippen LogP contribution in [-0.2, 0) is 0 Å². The molecule has 0 saturated heterocycles. The fourth-order valence-electron chi connectivity index (χ4n) is 3.27. The summed E-state index contributed by atoms with van der Waals surface area (Å²) in [5.41, 5.74) is 10.9. The molecule has 3 heterocycles. The lowest BCUT2D eigenvalue weighted by Crippen LogP contribution is -2.23. The SMILES string of the molecule is COc1cc(-c2c(N)c3ccc(C)nc3n(-c3ccc(C)cc3)c2=O)ccn1. The summed E-state index contributed by atoms with van der Waals surface area (Å²) in [6.45, 7) is 3.89. The summed E-state index contributed by atoms with van der Waals surface area (Å²) in [5, 5.41) is 0.719. The van der Waals surface area contributed by atoms with Gasteiger partial charge in [-0.05, 0) is 49.7 Å². The van der Waals surface area contributed by atoms with Gasteiger partial charge in [-0.15, -0.1) is 0 Å². The molecule has 6 nitrogen and oxygen atoms in total. The van der Waals surface area contributed by atoms with Crippen molar-refractivity contribution in [2.45, 2.75) is 13.8 Å². The van der Waals surface area contributed by atoms with Crippen LogP contribution in [0.4, 0.5) is 5.69 Å². The van der Waals surface area contributed by atoms with Gasteiger partial charge in [0.25, 0.3) is 5.56 Å². The van der Waals surface area contributed by atoms with E-state index in [1.54, 1.807) is 22.9 Å². The minimum Gasteiger partial charge on any atom is -0.481 e. The number of fused-ring (bicyclic) bond motifs is 1. The molecule has 0 saturated carbocycles. The molecule has 0 amide bonds. The second kappa shape index (κ2) is 6.81. The number of aromatic nitrogens is 3. The van der Waals surface area contributed by atoms with Crippen LogP contribution in [0.25, 0.3) is 27.8 Å². The monoisotopic (exact) mass is 372 g/mol. The lowest BCUT2D eigenvalue weighted by molar-refractivity contribution is 0.398. The van der Waals surface area contributed by atoms with E-state index in [9.17, 15) is 4.79 Å². The normalized spacial score (nSPS) is 11.0. The first-order valence-corrected chi connectivity index (χ1v) is 8.89. The van der Waals surface area contributed by atoms with Crippen LogP contribution in [0.5, 0.6) is 5.88 Å². The van der Waals surface area contributed by atoms with Gasteiger partial charge in [-0.3, -0.25) is 9.36 Å². The van der Waals surface area contributed by atoms with Gasteiger partial charge in [0, 0.05) is 23.3 Å². The number of rotatable bonds is 3. The molecule has 0 aliphatic carbocycles. The first-order chi connectivity index (χ1) is 13.5. The number of methoxy groups -OCH3 is 1. The average molecular weight is 372 g/mol. The summed E-state index contributed by atoms with van der Waals surface area (Å²) >= 11 is 0. The zero-order valence-electron chi connectivity index (χ0n) is 15.9. The van der Waals surface area contributed by atoms with Crippen LogP contribution in [0.1, 0.15) is 11.3 Å². The van der Waals surface area contributed by atoms with E-state index in [0.29, 0.717) is 28.3 Å². The van der Waals surface area contributed by atoms with Gasteiger partial charge < -0.3 is 10.5 Å². The van der Waals surface area contributed by atoms with Gasteiger partial charge in [-0.2, -0.15) is 0 Å². The lowest BCUT2D eigenvalue weighted by Gasteiger charge is -2.16. The molecule has 6 heteroatoms. The maximum Gasteiger partial charge on any atom is 0.266 e. The standard InChI is InChI=1S/C22H20N4O2/c1-13-4-7-16(8-5-13)26-21-17(9-6-14(2)25-21)20(23)19(22(26)27)15-10-11-24-18(12-15)28-3/h4-12H,23H2,1-3H3. The number of pyridine rings is 3. The molecule has 0 bridgehead atoms. The fourth-order valence-corrected chi connectivity index (χ4v) is 3.27. The Morgan fingerprint density at radius 2 is 1.79 bits per heavy atom. The van der Waals surface area contributed by atoms with Crippen LogP contribution in [0.2, 0.25) is 0 Å². The number of hydrogen-bond donors (Lipinski definition) is 1. The van der Waals surface area contributed by atoms with E-state index in [2.05, 4.69) is 9.97 Å². The van der Waals surface area contributed by atoms with E-state index in [0.717, 1.165) is 22.3 Å². The Morgan fingerprint density at radius 1 is 1.04 bits per heavy atom. The van der Waals surface area contributed by atoms with E-state index in [4.69, 9.17) is 10.5 Å². The molecular formula is C22H20N4O2. The van der Waals surface area contributed by atoms with Crippen LogP contribution < -0.4 is 16.0 Å². The third kappa shape index (κ3) is 2.89. The molecule has 1 aromatic carbocycles. The largest absolute Gasteiger partial charge is 0.481 e. The first kappa shape index (κ1) is 17.7. The Morgan fingerprint density at radius 3 is 2.50 bits per heavy atom. The van der Waals surface area contributed by atoms with Crippen LogP contribution in [0.15, 0.2) is 59.5 Å². The predicted octanol–water partition coefficient (Wildman–Crippen LogP) is 3.66. The Bertz CT molecular complexity index is 1240. The van der Waals surface area contributed by atoms with E-state index in [1.165, 1.54) is 7.11 Å². The molecule has 0 unspecified atom stereocenters. The minimum absolute atomic E-state index is 0.236. The smallest absolute Gasteiger partial charge is 0.266 e. The number of ether oxygens (including phenoxy) is 1. The summed E-state index contributed by atoms with van der Waals surface area (Å²) in [4.78, 5) is 22.3.